The third kappa shape index (κ3) is 2.54. The first kappa shape index (κ1) is 13.1. The van der Waals surface area contributed by atoms with Crippen molar-refractivity contribution < 1.29 is 4.74 Å². The van der Waals surface area contributed by atoms with E-state index in [0.717, 1.165) is 27.6 Å². The smallest absolute Gasteiger partial charge is 0.123 e. The lowest BCUT2D eigenvalue weighted by Gasteiger charge is -2.06. The summed E-state index contributed by atoms with van der Waals surface area (Å²) in [4.78, 5) is 4.65. The fourth-order valence-corrected chi connectivity index (χ4v) is 2.72. The zero-order valence-corrected chi connectivity index (χ0v) is 11.8. The Balaban J connectivity index is 2.31. The van der Waals surface area contributed by atoms with Gasteiger partial charge in [-0.25, -0.2) is 4.98 Å². The summed E-state index contributed by atoms with van der Waals surface area (Å²) in [6, 6.07) is 6.13. The van der Waals surface area contributed by atoms with E-state index in [1.165, 1.54) is 0 Å². The Kier molecular flexibility index (Phi) is 3.99. The van der Waals surface area contributed by atoms with Gasteiger partial charge < -0.3 is 10.5 Å². The highest BCUT2D eigenvalue weighted by molar-refractivity contribution is 7.13. The molecule has 2 rings (SSSR count). The molecule has 1 unspecified atom stereocenters. The van der Waals surface area contributed by atoms with Crippen LogP contribution in [-0.2, 0) is 0 Å². The molecule has 96 valence electrons. The molecule has 4 heteroatoms. The molecular formula is C14H18N2OS. The number of aromatic nitrogens is 1. The molecule has 2 N–H and O–H groups in total. The number of ether oxygens (including phenoxy) is 1. The lowest BCUT2D eigenvalue weighted by atomic mass is 10.1. The van der Waals surface area contributed by atoms with Crippen LogP contribution in [0.2, 0.25) is 0 Å². The van der Waals surface area contributed by atoms with Crippen LogP contribution in [-0.4, -0.2) is 18.6 Å². The fraction of sp³-hybridized carbons (Fsp3) is 0.357. The summed E-state index contributed by atoms with van der Waals surface area (Å²) in [6.07, 6.45) is 0. The molecule has 0 aliphatic heterocycles. The van der Waals surface area contributed by atoms with E-state index in [-0.39, 0.29) is 0 Å². The fourth-order valence-electron chi connectivity index (χ4n) is 1.78. The van der Waals surface area contributed by atoms with E-state index in [1.54, 1.807) is 18.4 Å². The van der Waals surface area contributed by atoms with Crippen molar-refractivity contribution in [3.63, 3.8) is 0 Å². The average molecular weight is 262 g/mol. The highest BCUT2D eigenvalue weighted by Crippen LogP contribution is 2.29. The van der Waals surface area contributed by atoms with Crippen LogP contribution < -0.4 is 10.5 Å². The molecule has 0 bridgehead atoms. The van der Waals surface area contributed by atoms with Crippen molar-refractivity contribution in [2.75, 3.05) is 13.7 Å². The summed E-state index contributed by atoms with van der Waals surface area (Å²) in [5.74, 6) is 1.22. The molecule has 3 nitrogen and oxygen atoms in total. The van der Waals surface area contributed by atoms with Crippen LogP contribution in [0.15, 0.2) is 23.6 Å². The SMILES string of the molecule is COc1ccc(-c2nc(C(C)CN)cs2)cc1C. The maximum atomic E-state index is 5.66. The van der Waals surface area contributed by atoms with E-state index in [0.29, 0.717) is 12.5 Å². The number of benzene rings is 1. The number of methoxy groups -OCH3 is 1. The Morgan fingerprint density at radius 1 is 1.44 bits per heavy atom. The van der Waals surface area contributed by atoms with Crippen molar-refractivity contribution in [3.05, 3.63) is 34.8 Å². The van der Waals surface area contributed by atoms with Crippen LogP contribution >= 0.6 is 11.3 Å². The van der Waals surface area contributed by atoms with E-state index < -0.39 is 0 Å². The summed E-state index contributed by atoms with van der Waals surface area (Å²) in [7, 11) is 1.69. The zero-order valence-electron chi connectivity index (χ0n) is 10.9. The molecule has 1 heterocycles. The van der Waals surface area contributed by atoms with E-state index in [4.69, 9.17) is 10.5 Å². The molecule has 0 saturated heterocycles. The number of rotatable bonds is 4. The molecule has 0 aliphatic carbocycles. The molecule has 1 atom stereocenters. The molecule has 18 heavy (non-hydrogen) atoms. The number of hydrogen-bond donors (Lipinski definition) is 1. The minimum Gasteiger partial charge on any atom is -0.496 e. The van der Waals surface area contributed by atoms with Crippen molar-refractivity contribution in [1.82, 2.24) is 4.98 Å². The van der Waals surface area contributed by atoms with Crippen molar-refractivity contribution in [2.24, 2.45) is 5.73 Å². The van der Waals surface area contributed by atoms with Crippen molar-refractivity contribution in [3.8, 4) is 16.3 Å². The number of nitrogens with zero attached hydrogens (tertiary/aromatic N) is 1. The van der Waals surface area contributed by atoms with Gasteiger partial charge in [0.15, 0.2) is 0 Å². The summed E-state index contributed by atoms with van der Waals surface area (Å²) in [5, 5.41) is 3.13. The predicted molar refractivity (Wildman–Crippen MR) is 76.3 cm³/mol. The third-order valence-electron chi connectivity index (χ3n) is 3.02. The highest BCUT2D eigenvalue weighted by Gasteiger charge is 2.10. The molecule has 0 radical (unpaired) electrons. The maximum Gasteiger partial charge on any atom is 0.123 e. The molecule has 1 aromatic carbocycles. The monoisotopic (exact) mass is 262 g/mol. The molecule has 0 saturated carbocycles. The second-order valence-corrected chi connectivity index (χ2v) is 5.26. The number of nitrogens with two attached hydrogens (primary N) is 1. The summed E-state index contributed by atoms with van der Waals surface area (Å²) in [5.41, 5.74) is 8.99. The number of hydrogen-bond acceptors (Lipinski definition) is 4. The molecule has 2 aromatic rings. The Morgan fingerprint density at radius 2 is 2.22 bits per heavy atom. The quantitative estimate of drug-likeness (QED) is 0.920. The minimum atomic E-state index is 0.314. The first-order valence-corrected chi connectivity index (χ1v) is 6.84. The molecular weight excluding hydrogens is 244 g/mol. The Bertz CT molecular complexity index is 536. The summed E-state index contributed by atoms with van der Waals surface area (Å²) in [6.45, 7) is 4.77. The number of aryl methyl sites for hydroxylation is 1. The van der Waals surface area contributed by atoms with Crippen LogP contribution in [0.3, 0.4) is 0 Å². The van der Waals surface area contributed by atoms with Crippen LogP contribution in [0.25, 0.3) is 10.6 Å². The third-order valence-corrected chi connectivity index (χ3v) is 3.93. The Hall–Kier alpha value is -1.39. The Morgan fingerprint density at radius 3 is 2.83 bits per heavy atom. The van der Waals surface area contributed by atoms with Gasteiger partial charge in [0.25, 0.3) is 0 Å². The largest absolute Gasteiger partial charge is 0.496 e. The van der Waals surface area contributed by atoms with Gasteiger partial charge in [-0.3, -0.25) is 0 Å². The second kappa shape index (κ2) is 5.50. The topological polar surface area (TPSA) is 48.1 Å². The molecule has 1 aromatic heterocycles. The minimum absolute atomic E-state index is 0.314. The summed E-state index contributed by atoms with van der Waals surface area (Å²) < 4.78 is 5.26. The lowest BCUT2D eigenvalue weighted by Crippen LogP contribution is -2.08. The normalized spacial score (nSPS) is 12.4. The van der Waals surface area contributed by atoms with Crippen LogP contribution in [0, 0.1) is 6.92 Å². The van der Waals surface area contributed by atoms with E-state index >= 15 is 0 Å². The second-order valence-electron chi connectivity index (χ2n) is 4.40. The molecule has 0 aliphatic rings. The van der Waals surface area contributed by atoms with E-state index in [2.05, 4.69) is 23.4 Å². The van der Waals surface area contributed by atoms with Crippen LogP contribution in [0.1, 0.15) is 24.1 Å². The lowest BCUT2D eigenvalue weighted by molar-refractivity contribution is 0.412. The molecule has 0 amide bonds. The first-order chi connectivity index (χ1) is 8.65. The summed E-state index contributed by atoms with van der Waals surface area (Å²) >= 11 is 1.66. The van der Waals surface area contributed by atoms with E-state index in [9.17, 15) is 0 Å². The first-order valence-electron chi connectivity index (χ1n) is 5.96. The Labute approximate surface area is 112 Å². The van der Waals surface area contributed by atoms with Crippen molar-refractivity contribution >= 4 is 11.3 Å². The highest BCUT2D eigenvalue weighted by atomic mass is 32.1. The zero-order chi connectivity index (χ0) is 13.1. The molecule has 0 fully saturated rings. The standard InChI is InChI=1S/C14H18N2OS/c1-9-6-11(4-5-13(9)17-3)14-16-12(8-18-14)10(2)7-15/h4-6,8,10H,7,15H2,1-3H3. The van der Waals surface area contributed by atoms with Crippen molar-refractivity contribution in [2.45, 2.75) is 19.8 Å². The van der Waals surface area contributed by atoms with Gasteiger partial charge in [-0.05, 0) is 30.7 Å². The van der Waals surface area contributed by atoms with Gasteiger partial charge in [-0.2, -0.15) is 0 Å². The molecule has 0 spiro atoms. The van der Waals surface area contributed by atoms with E-state index in [1.807, 2.05) is 19.1 Å². The van der Waals surface area contributed by atoms with Gasteiger partial charge in [-0.1, -0.05) is 6.92 Å². The average Bonchev–Trinajstić information content (AvgIpc) is 2.87. The van der Waals surface area contributed by atoms with Gasteiger partial charge in [0.1, 0.15) is 10.8 Å². The van der Waals surface area contributed by atoms with Gasteiger partial charge in [0.2, 0.25) is 0 Å². The number of thiazole rings is 1. The van der Waals surface area contributed by atoms with Gasteiger partial charge >= 0.3 is 0 Å². The predicted octanol–water partition coefficient (Wildman–Crippen LogP) is 3.19. The van der Waals surface area contributed by atoms with Crippen molar-refractivity contribution in [1.29, 1.82) is 0 Å². The van der Waals surface area contributed by atoms with Gasteiger partial charge in [-0.15, -0.1) is 11.3 Å². The van der Waals surface area contributed by atoms with Gasteiger partial charge in [0.05, 0.1) is 12.8 Å². The van der Waals surface area contributed by atoms with Crippen LogP contribution in [0.4, 0.5) is 0 Å². The van der Waals surface area contributed by atoms with Gasteiger partial charge in [0, 0.05) is 23.4 Å². The van der Waals surface area contributed by atoms with Crippen LogP contribution in [0.5, 0.6) is 5.75 Å². The maximum absolute atomic E-state index is 5.66.